The highest BCUT2D eigenvalue weighted by Crippen LogP contribution is 2.20. The number of carbonyl (C=O) groups excluding carboxylic acids is 2. The summed E-state index contributed by atoms with van der Waals surface area (Å²) in [6, 6.07) is 5.80. The second-order valence-corrected chi connectivity index (χ2v) is 5.45. The molecule has 0 heterocycles. The van der Waals surface area contributed by atoms with Gasteiger partial charge in [0.05, 0.1) is 6.10 Å². The number of nitrogens with one attached hydrogen (secondary N) is 2. The summed E-state index contributed by atoms with van der Waals surface area (Å²) in [5.74, 6) is -1.25. The van der Waals surface area contributed by atoms with E-state index < -0.39 is 11.8 Å². The molecule has 22 heavy (non-hydrogen) atoms. The molecule has 1 aromatic carbocycles. The minimum absolute atomic E-state index is 0.174. The van der Waals surface area contributed by atoms with Crippen LogP contribution in [0.1, 0.15) is 38.3 Å². The Morgan fingerprint density at radius 3 is 2.59 bits per heavy atom. The summed E-state index contributed by atoms with van der Waals surface area (Å²) in [5.41, 5.74) is 2.70. The largest absolute Gasteiger partial charge is 0.379 e. The van der Waals surface area contributed by atoms with Crippen LogP contribution in [0.3, 0.4) is 0 Å². The zero-order valence-electron chi connectivity index (χ0n) is 13.9. The van der Waals surface area contributed by atoms with Gasteiger partial charge in [-0.2, -0.15) is 0 Å². The topological polar surface area (TPSA) is 67.4 Å². The molecule has 0 aliphatic heterocycles. The van der Waals surface area contributed by atoms with Crippen LogP contribution in [0.15, 0.2) is 18.2 Å². The summed E-state index contributed by atoms with van der Waals surface area (Å²) in [5, 5.41) is 5.31. The average molecular weight is 306 g/mol. The molecule has 5 heteroatoms. The average Bonchev–Trinajstić information content (AvgIpc) is 2.48. The lowest BCUT2D eigenvalue weighted by Gasteiger charge is -2.13. The minimum atomic E-state index is -0.631. The number of para-hydroxylation sites is 1. The Balaban J connectivity index is 2.46. The molecule has 1 aromatic rings. The van der Waals surface area contributed by atoms with Crippen LogP contribution in [-0.2, 0) is 20.7 Å². The molecule has 1 rings (SSSR count). The van der Waals surface area contributed by atoms with Crippen molar-refractivity contribution in [3.05, 3.63) is 29.3 Å². The molecule has 0 aromatic heterocycles. The number of hydrogen-bond acceptors (Lipinski definition) is 3. The van der Waals surface area contributed by atoms with Gasteiger partial charge >= 0.3 is 11.8 Å². The van der Waals surface area contributed by atoms with Crippen molar-refractivity contribution in [3.8, 4) is 0 Å². The lowest BCUT2D eigenvalue weighted by atomic mass is 10.1. The Morgan fingerprint density at radius 2 is 1.95 bits per heavy atom. The van der Waals surface area contributed by atoms with Gasteiger partial charge in [-0.25, -0.2) is 0 Å². The fraction of sp³-hybridized carbons (Fsp3) is 0.529. The van der Waals surface area contributed by atoms with Crippen molar-refractivity contribution >= 4 is 17.5 Å². The second kappa shape index (κ2) is 9.20. The zero-order chi connectivity index (χ0) is 16.5. The normalized spacial score (nSPS) is 10.6. The highest BCUT2D eigenvalue weighted by atomic mass is 16.5. The third-order valence-corrected chi connectivity index (χ3v) is 3.24. The van der Waals surface area contributed by atoms with Gasteiger partial charge in [-0.05, 0) is 44.7 Å². The first kappa shape index (κ1) is 18.2. The van der Waals surface area contributed by atoms with Crippen LogP contribution in [0.2, 0.25) is 0 Å². The summed E-state index contributed by atoms with van der Waals surface area (Å²) in [6.07, 6.45) is 1.65. The van der Waals surface area contributed by atoms with Gasteiger partial charge in [-0.15, -0.1) is 0 Å². The van der Waals surface area contributed by atoms with Crippen LogP contribution in [0.4, 0.5) is 5.69 Å². The molecule has 5 nitrogen and oxygen atoms in total. The molecule has 0 bridgehead atoms. The van der Waals surface area contributed by atoms with Crippen LogP contribution >= 0.6 is 0 Å². The minimum Gasteiger partial charge on any atom is -0.379 e. The van der Waals surface area contributed by atoms with E-state index in [1.54, 1.807) is 0 Å². The number of carbonyl (C=O) groups is 2. The summed E-state index contributed by atoms with van der Waals surface area (Å²) in [7, 11) is 0. The lowest BCUT2D eigenvalue weighted by molar-refractivity contribution is -0.136. The van der Waals surface area contributed by atoms with Gasteiger partial charge in [0.15, 0.2) is 0 Å². The Kier molecular flexibility index (Phi) is 7.60. The van der Waals surface area contributed by atoms with Crippen molar-refractivity contribution in [1.29, 1.82) is 0 Å². The van der Waals surface area contributed by atoms with Crippen LogP contribution in [0.25, 0.3) is 0 Å². The van der Waals surface area contributed by atoms with E-state index in [0.717, 1.165) is 23.2 Å². The Morgan fingerprint density at radius 1 is 1.23 bits per heavy atom. The standard InChI is InChI=1S/C17H26N2O3/c1-5-14-9-6-8-13(4)15(14)19-17(21)16(20)18-10-7-11-22-12(2)3/h6,8-9,12H,5,7,10-11H2,1-4H3,(H,18,20)(H,19,21). The van der Waals surface area contributed by atoms with Gasteiger partial charge in [-0.1, -0.05) is 25.1 Å². The first-order valence-electron chi connectivity index (χ1n) is 7.75. The van der Waals surface area contributed by atoms with E-state index >= 15 is 0 Å². The number of ether oxygens (including phenoxy) is 1. The smallest absolute Gasteiger partial charge is 0.313 e. The van der Waals surface area contributed by atoms with E-state index in [1.165, 1.54) is 0 Å². The third kappa shape index (κ3) is 5.85. The van der Waals surface area contributed by atoms with Gasteiger partial charge in [0.2, 0.25) is 0 Å². The van der Waals surface area contributed by atoms with Gasteiger partial charge in [0.25, 0.3) is 0 Å². The first-order chi connectivity index (χ1) is 10.5. The first-order valence-corrected chi connectivity index (χ1v) is 7.75. The maximum absolute atomic E-state index is 12.0. The van der Waals surface area contributed by atoms with Crippen molar-refractivity contribution < 1.29 is 14.3 Å². The number of anilines is 1. The molecule has 0 saturated heterocycles. The number of benzene rings is 1. The molecule has 0 atom stereocenters. The number of hydrogen-bond donors (Lipinski definition) is 2. The Hall–Kier alpha value is -1.88. The molecule has 0 aliphatic carbocycles. The molecule has 0 fully saturated rings. The van der Waals surface area contributed by atoms with E-state index in [2.05, 4.69) is 10.6 Å². The van der Waals surface area contributed by atoms with Crippen molar-refractivity contribution in [2.75, 3.05) is 18.5 Å². The van der Waals surface area contributed by atoms with Crippen molar-refractivity contribution in [2.45, 2.75) is 46.6 Å². The lowest BCUT2D eigenvalue weighted by Crippen LogP contribution is -2.36. The summed E-state index contributed by atoms with van der Waals surface area (Å²) < 4.78 is 5.37. The van der Waals surface area contributed by atoms with E-state index in [9.17, 15) is 9.59 Å². The molecule has 0 radical (unpaired) electrons. The molecule has 2 amide bonds. The molecule has 0 spiro atoms. The fourth-order valence-electron chi connectivity index (χ4n) is 2.05. The van der Waals surface area contributed by atoms with Crippen molar-refractivity contribution in [3.63, 3.8) is 0 Å². The summed E-state index contributed by atoms with van der Waals surface area (Å²) >= 11 is 0. The van der Waals surface area contributed by atoms with Gasteiger partial charge in [0, 0.05) is 18.8 Å². The van der Waals surface area contributed by atoms with Crippen molar-refractivity contribution in [2.24, 2.45) is 0 Å². The number of amides is 2. The van der Waals surface area contributed by atoms with Gasteiger partial charge in [0.1, 0.15) is 0 Å². The number of aryl methyl sites for hydroxylation is 2. The highest BCUT2D eigenvalue weighted by molar-refractivity contribution is 6.39. The molecule has 122 valence electrons. The van der Waals surface area contributed by atoms with Crippen LogP contribution in [0, 0.1) is 6.92 Å². The molecule has 0 saturated carbocycles. The van der Waals surface area contributed by atoms with E-state index in [0.29, 0.717) is 19.6 Å². The highest BCUT2D eigenvalue weighted by Gasteiger charge is 2.15. The molecule has 2 N–H and O–H groups in total. The van der Waals surface area contributed by atoms with Crippen molar-refractivity contribution in [1.82, 2.24) is 5.32 Å². The van der Waals surface area contributed by atoms with E-state index in [-0.39, 0.29) is 6.10 Å². The zero-order valence-corrected chi connectivity index (χ0v) is 13.9. The quantitative estimate of drug-likeness (QED) is 0.600. The predicted molar refractivity (Wildman–Crippen MR) is 87.9 cm³/mol. The SMILES string of the molecule is CCc1cccc(C)c1NC(=O)C(=O)NCCCOC(C)C. The number of rotatable bonds is 7. The third-order valence-electron chi connectivity index (χ3n) is 3.24. The van der Waals surface area contributed by atoms with Gasteiger partial charge in [-0.3, -0.25) is 9.59 Å². The van der Waals surface area contributed by atoms with Gasteiger partial charge < -0.3 is 15.4 Å². The molecule has 0 unspecified atom stereocenters. The van der Waals surface area contributed by atoms with Crippen LogP contribution in [0.5, 0.6) is 0 Å². The van der Waals surface area contributed by atoms with Crippen LogP contribution in [-0.4, -0.2) is 31.1 Å². The van der Waals surface area contributed by atoms with E-state index in [4.69, 9.17) is 4.74 Å². The Bertz CT molecular complexity index is 513. The summed E-state index contributed by atoms with van der Waals surface area (Å²) in [4.78, 5) is 23.7. The maximum Gasteiger partial charge on any atom is 0.313 e. The van der Waals surface area contributed by atoms with Crippen LogP contribution < -0.4 is 10.6 Å². The monoisotopic (exact) mass is 306 g/mol. The molecular weight excluding hydrogens is 280 g/mol. The molecule has 0 aliphatic rings. The predicted octanol–water partition coefficient (Wildman–Crippen LogP) is 2.43. The molecular formula is C17H26N2O3. The van der Waals surface area contributed by atoms with E-state index in [1.807, 2.05) is 45.9 Å². The Labute approximate surface area is 132 Å². The summed E-state index contributed by atoms with van der Waals surface area (Å²) in [6.45, 7) is 8.83. The second-order valence-electron chi connectivity index (χ2n) is 5.45. The fourth-order valence-corrected chi connectivity index (χ4v) is 2.05. The maximum atomic E-state index is 12.0.